The van der Waals surface area contributed by atoms with E-state index in [-0.39, 0.29) is 5.56 Å². The first-order chi connectivity index (χ1) is 11.7. The molecule has 0 saturated heterocycles. The number of nitrogens with two attached hydrogens (primary N) is 1. The maximum Gasteiger partial charge on any atom is 0.262 e. The predicted octanol–water partition coefficient (Wildman–Crippen LogP) is 2.80. The van der Waals surface area contributed by atoms with Gasteiger partial charge in [0.2, 0.25) is 0 Å². The molecule has 4 rings (SSSR count). The van der Waals surface area contributed by atoms with E-state index in [1.807, 2.05) is 25.1 Å². The summed E-state index contributed by atoms with van der Waals surface area (Å²) in [7, 11) is 0. The van der Waals surface area contributed by atoms with Gasteiger partial charge in [0.25, 0.3) is 5.56 Å². The molecule has 0 aliphatic heterocycles. The van der Waals surface area contributed by atoms with Crippen LogP contribution in [0.3, 0.4) is 0 Å². The minimum atomic E-state index is -0.0201. The summed E-state index contributed by atoms with van der Waals surface area (Å²) in [4.78, 5) is 12.9. The van der Waals surface area contributed by atoms with Crippen molar-refractivity contribution >= 4 is 21.8 Å². The summed E-state index contributed by atoms with van der Waals surface area (Å²) < 4.78 is 6.98. The molecule has 3 heterocycles. The number of aryl methyl sites for hydroxylation is 2. The molecule has 122 valence electrons. The van der Waals surface area contributed by atoms with Gasteiger partial charge in [-0.3, -0.25) is 9.89 Å². The van der Waals surface area contributed by atoms with E-state index in [1.165, 1.54) is 0 Å². The molecule has 3 aromatic heterocycles. The SMILES string of the molecule is Cc1[nH]nc2c1c(=O)n(CCCN)c1ccc(-c3ccoc3)cc21. The molecule has 0 amide bonds. The minimum Gasteiger partial charge on any atom is -0.472 e. The largest absolute Gasteiger partial charge is 0.472 e. The average Bonchev–Trinajstić information content (AvgIpc) is 3.24. The summed E-state index contributed by atoms with van der Waals surface area (Å²) in [6.45, 7) is 3.01. The summed E-state index contributed by atoms with van der Waals surface area (Å²) in [5.41, 5.74) is 10.0. The van der Waals surface area contributed by atoms with Gasteiger partial charge >= 0.3 is 0 Å². The van der Waals surface area contributed by atoms with E-state index in [4.69, 9.17) is 10.2 Å². The Labute approximate surface area is 137 Å². The molecule has 0 radical (unpaired) electrons. The zero-order valence-electron chi connectivity index (χ0n) is 13.4. The van der Waals surface area contributed by atoms with Crippen molar-refractivity contribution in [1.29, 1.82) is 0 Å². The third kappa shape index (κ3) is 2.15. The van der Waals surface area contributed by atoms with Gasteiger partial charge in [-0.25, -0.2) is 0 Å². The van der Waals surface area contributed by atoms with E-state index < -0.39 is 0 Å². The lowest BCUT2D eigenvalue weighted by molar-refractivity contribution is 0.568. The number of rotatable bonds is 4. The van der Waals surface area contributed by atoms with Gasteiger partial charge in [-0.15, -0.1) is 0 Å². The van der Waals surface area contributed by atoms with E-state index in [2.05, 4.69) is 16.3 Å². The number of nitrogens with zero attached hydrogens (tertiary/aromatic N) is 2. The molecule has 0 unspecified atom stereocenters. The topological polar surface area (TPSA) is 89.8 Å². The van der Waals surface area contributed by atoms with Crippen LogP contribution in [0, 0.1) is 6.92 Å². The Morgan fingerprint density at radius 1 is 1.29 bits per heavy atom. The Morgan fingerprint density at radius 2 is 2.17 bits per heavy atom. The molecule has 3 N–H and O–H groups in total. The number of fused-ring (bicyclic) bond motifs is 3. The van der Waals surface area contributed by atoms with E-state index in [1.54, 1.807) is 17.1 Å². The van der Waals surface area contributed by atoms with Gasteiger partial charge in [0.15, 0.2) is 0 Å². The summed E-state index contributed by atoms with van der Waals surface area (Å²) in [6, 6.07) is 7.94. The Kier molecular flexibility index (Phi) is 3.46. The van der Waals surface area contributed by atoms with Crippen LogP contribution in [0.2, 0.25) is 0 Å². The maximum absolute atomic E-state index is 12.9. The van der Waals surface area contributed by atoms with Gasteiger partial charge in [-0.05, 0) is 43.7 Å². The van der Waals surface area contributed by atoms with E-state index in [9.17, 15) is 4.79 Å². The fourth-order valence-electron chi connectivity index (χ4n) is 3.17. The molecule has 24 heavy (non-hydrogen) atoms. The normalized spacial score (nSPS) is 11.6. The number of aromatic nitrogens is 3. The molecule has 0 spiro atoms. The molecular formula is C18H18N4O2. The molecule has 0 bridgehead atoms. The molecule has 0 aliphatic carbocycles. The second kappa shape index (κ2) is 5.65. The van der Waals surface area contributed by atoms with Crippen LogP contribution in [0.5, 0.6) is 0 Å². The molecule has 4 aromatic rings. The molecular weight excluding hydrogens is 304 g/mol. The van der Waals surface area contributed by atoms with E-state index >= 15 is 0 Å². The van der Waals surface area contributed by atoms with Crippen LogP contribution >= 0.6 is 0 Å². The standard InChI is InChI=1S/C18H18N4O2/c1-11-16-17(21-20-11)14-9-12(13-5-8-24-10-13)3-4-15(14)22(18(16)23)7-2-6-19/h3-5,8-10H,2,6-7,19H2,1H3,(H,20,21). The van der Waals surface area contributed by atoms with Crippen LogP contribution in [-0.2, 0) is 6.54 Å². The minimum absolute atomic E-state index is 0.0201. The van der Waals surface area contributed by atoms with Crippen LogP contribution in [0.4, 0.5) is 0 Å². The zero-order chi connectivity index (χ0) is 16.7. The lowest BCUT2D eigenvalue weighted by atomic mass is 10.0. The first-order valence-electron chi connectivity index (χ1n) is 7.94. The average molecular weight is 322 g/mol. The van der Waals surface area contributed by atoms with Crippen LogP contribution in [-0.4, -0.2) is 21.3 Å². The van der Waals surface area contributed by atoms with E-state index in [0.29, 0.717) is 24.0 Å². The number of H-pyrrole nitrogens is 1. The fourth-order valence-corrected chi connectivity index (χ4v) is 3.17. The number of hydrogen-bond donors (Lipinski definition) is 2. The zero-order valence-corrected chi connectivity index (χ0v) is 13.4. The van der Waals surface area contributed by atoms with Gasteiger partial charge in [-0.2, -0.15) is 5.10 Å². The highest BCUT2D eigenvalue weighted by molar-refractivity contribution is 6.05. The van der Waals surface area contributed by atoms with Crippen molar-refractivity contribution in [3.8, 4) is 11.1 Å². The maximum atomic E-state index is 12.9. The van der Waals surface area contributed by atoms with Crippen molar-refractivity contribution in [2.75, 3.05) is 6.54 Å². The molecule has 0 fully saturated rings. The van der Waals surface area contributed by atoms with Crippen LogP contribution < -0.4 is 11.3 Å². The first kappa shape index (κ1) is 14.7. The lowest BCUT2D eigenvalue weighted by Crippen LogP contribution is -2.22. The smallest absolute Gasteiger partial charge is 0.262 e. The molecule has 6 nitrogen and oxygen atoms in total. The molecule has 0 saturated carbocycles. The van der Waals surface area contributed by atoms with Crippen molar-refractivity contribution < 1.29 is 4.42 Å². The summed E-state index contributed by atoms with van der Waals surface area (Å²) in [5.74, 6) is 0. The van der Waals surface area contributed by atoms with Gasteiger partial charge < -0.3 is 14.7 Å². The first-order valence-corrected chi connectivity index (χ1v) is 7.94. The number of nitrogens with one attached hydrogen (secondary N) is 1. The summed E-state index contributed by atoms with van der Waals surface area (Å²) in [5, 5.41) is 8.90. The highest BCUT2D eigenvalue weighted by atomic mass is 16.3. The fraction of sp³-hybridized carbons (Fsp3) is 0.222. The highest BCUT2D eigenvalue weighted by Gasteiger charge is 2.16. The van der Waals surface area contributed by atoms with Crippen molar-refractivity contribution in [1.82, 2.24) is 14.8 Å². The van der Waals surface area contributed by atoms with Gasteiger partial charge in [0, 0.05) is 23.2 Å². The number of benzene rings is 1. The quantitative estimate of drug-likeness (QED) is 0.604. The van der Waals surface area contributed by atoms with E-state index in [0.717, 1.165) is 34.1 Å². The van der Waals surface area contributed by atoms with Gasteiger partial charge in [0.05, 0.1) is 23.4 Å². The summed E-state index contributed by atoms with van der Waals surface area (Å²) in [6.07, 6.45) is 4.11. The molecule has 6 heteroatoms. The van der Waals surface area contributed by atoms with Crippen molar-refractivity contribution in [2.45, 2.75) is 19.9 Å². The Hall–Kier alpha value is -2.86. The lowest BCUT2D eigenvalue weighted by Gasteiger charge is -2.12. The van der Waals surface area contributed by atoms with Crippen molar-refractivity contribution in [3.05, 3.63) is 52.8 Å². The number of pyridine rings is 1. The highest BCUT2D eigenvalue weighted by Crippen LogP contribution is 2.28. The Balaban J connectivity index is 2.08. The molecule has 0 atom stereocenters. The molecule has 0 aliphatic rings. The Bertz CT molecular complexity index is 1070. The van der Waals surface area contributed by atoms with Crippen molar-refractivity contribution in [3.63, 3.8) is 0 Å². The second-order valence-corrected chi connectivity index (χ2v) is 5.92. The third-order valence-corrected chi connectivity index (χ3v) is 4.39. The van der Waals surface area contributed by atoms with Gasteiger partial charge in [0.1, 0.15) is 5.52 Å². The van der Waals surface area contributed by atoms with Gasteiger partial charge in [-0.1, -0.05) is 6.07 Å². The molecule has 1 aromatic carbocycles. The number of hydrogen-bond acceptors (Lipinski definition) is 4. The second-order valence-electron chi connectivity index (χ2n) is 5.92. The Morgan fingerprint density at radius 3 is 2.92 bits per heavy atom. The van der Waals surface area contributed by atoms with Crippen LogP contribution in [0.25, 0.3) is 32.9 Å². The third-order valence-electron chi connectivity index (χ3n) is 4.39. The predicted molar refractivity (Wildman–Crippen MR) is 94.0 cm³/mol. The summed E-state index contributed by atoms with van der Waals surface area (Å²) >= 11 is 0. The van der Waals surface area contributed by atoms with Crippen LogP contribution in [0.15, 0.2) is 46.0 Å². The van der Waals surface area contributed by atoms with Crippen molar-refractivity contribution in [2.24, 2.45) is 5.73 Å². The number of furan rings is 1. The monoisotopic (exact) mass is 322 g/mol. The van der Waals surface area contributed by atoms with Crippen LogP contribution in [0.1, 0.15) is 12.1 Å². The number of aromatic amines is 1.